The smallest absolute Gasteiger partial charge is 0.0800 e. The molecule has 0 heterocycles. The molecule has 0 bridgehead atoms. The molecule has 0 aliphatic rings. The zero-order chi connectivity index (χ0) is 24.1. The van der Waals surface area contributed by atoms with Crippen LogP contribution in [0.4, 0.5) is 0 Å². The van der Waals surface area contributed by atoms with Gasteiger partial charge in [-0.2, -0.15) is 0 Å². The average Bonchev–Trinajstić information content (AvgIpc) is 2.76. The number of fused-ring (bicyclic) bond motifs is 2. The Bertz CT molecular complexity index is 1250. The third kappa shape index (κ3) is 5.19. The van der Waals surface area contributed by atoms with Crippen molar-refractivity contribution in [2.45, 2.75) is 0 Å². The predicted molar refractivity (Wildman–Crippen MR) is 148 cm³/mol. The van der Waals surface area contributed by atoms with E-state index in [-0.39, 0.29) is 20.1 Å². The SMILES string of the molecule is Clc1cc2c(Cl)c(Cl)c(Cl)c(Cl)c2cc1Cl.Clc1cc2c(Cl)c(Cl)c(Cl)cc2c(Cl)c1Cl. The van der Waals surface area contributed by atoms with Crippen LogP contribution in [0.25, 0.3) is 21.5 Å². The molecule has 12 heteroatoms. The number of hydrogen-bond donors (Lipinski definition) is 0. The van der Waals surface area contributed by atoms with E-state index >= 15 is 0 Å². The maximum atomic E-state index is 6.05. The molecule has 4 aromatic rings. The molecule has 0 amide bonds. The molecule has 0 saturated carbocycles. The van der Waals surface area contributed by atoms with Gasteiger partial charge in [-0.3, -0.25) is 0 Å². The van der Waals surface area contributed by atoms with Gasteiger partial charge in [-0.1, -0.05) is 139 Å². The molecule has 0 spiro atoms. The van der Waals surface area contributed by atoms with E-state index in [1.807, 2.05) is 0 Å². The van der Waals surface area contributed by atoms with Gasteiger partial charge >= 0.3 is 0 Å². The summed E-state index contributed by atoms with van der Waals surface area (Å²) in [6, 6.07) is 6.43. The molecule has 0 aliphatic heterocycles. The van der Waals surface area contributed by atoms with Gasteiger partial charge in [0.2, 0.25) is 0 Å². The van der Waals surface area contributed by atoms with Gasteiger partial charge in [0, 0.05) is 21.5 Å². The van der Waals surface area contributed by atoms with E-state index in [0.29, 0.717) is 61.7 Å². The standard InChI is InChI=1S/2C10H2Cl6/c11-5-1-3-4(8(14)9(5)15)2-6(12)10(16)7(3)13;11-5-1-3-4(2-6(5)12)8(14)10(16)9(15)7(3)13/h2*1-2H. The predicted octanol–water partition coefficient (Wildman–Crippen LogP) is 13.5. The minimum Gasteiger partial charge on any atom is -0.0827 e. The Hall–Kier alpha value is 0.880. The first kappa shape index (κ1) is 27.5. The Morgan fingerprint density at radius 3 is 0.750 bits per heavy atom. The molecule has 0 radical (unpaired) electrons. The summed E-state index contributed by atoms with van der Waals surface area (Å²) in [6.07, 6.45) is 0. The monoisotopic (exact) mass is 664 g/mol. The first-order valence-corrected chi connectivity index (χ1v) is 12.6. The molecule has 4 rings (SSSR count). The second-order valence-electron chi connectivity index (χ2n) is 6.14. The quantitative estimate of drug-likeness (QED) is 0.129. The van der Waals surface area contributed by atoms with Gasteiger partial charge < -0.3 is 0 Å². The minimum absolute atomic E-state index is 0.208. The van der Waals surface area contributed by atoms with E-state index in [0.717, 1.165) is 0 Å². The molecule has 0 aliphatic carbocycles. The van der Waals surface area contributed by atoms with Crippen molar-refractivity contribution in [3.63, 3.8) is 0 Å². The molecule has 0 atom stereocenters. The van der Waals surface area contributed by atoms with Gasteiger partial charge in [-0.05, 0) is 24.3 Å². The van der Waals surface area contributed by atoms with Gasteiger partial charge in [-0.25, -0.2) is 0 Å². The summed E-state index contributed by atoms with van der Waals surface area (Å²) in [5.41, 5.74) is 0. The number of benzene rings is 4. The highest BCUT2D eigenvalue weighted by Gasteiger charge is 2.17. The van der Waals surface area contributed by atoms with Crippen molar-refractivity contribution in [1.29, 1.82) is 0 Å². The van der Waals surface area contributed by atoms with Gasteiger partial charge in [-0.15, -0.1) is 0 Å². The van der Waals surface area contributed by atoms with E-state index < -0.39 is 0 Å². The summed E-state index contributed by atoms with van der Waals surface area (Å²) in [7, 11) is 0. The molecule has 0 aromatic heterocycles. The lowest BCUT2D eigenvalue weighted by atomic mass is 10.1. The number of hydrogen-bond acceptors (Lipinski definition) is 0. The zero-order valence-electron chi connectivity index (χ0n) is 14.8. The van der Waals surface area contributed by atoms with Crippen molar-refractivity contribution in [2.75, 3.05) is 0 Å². The lowest BCUT2D eigenvalue weighted by Crippen LogP contribution is -1.82. The minimum atomic E-state index is 0.208. The highest BCUT2D eigenvalue weighted by molar-refractivity contribution is 6.56. The van der Waals surface area contributed by atoms with Gasteiger partial charge in [0.25, 0.3) is 0 Å². The molecule has 168 valence electrons. The summed E-state index contributed by atoms with van der Waals surface area (Å²) in [4.78, 5) is 0. The van der Waals surface area contributed by atoms with E-state index in [2.05, 4.69) is 0 Å². The summed E-state index contributed by atoms with van der Waals surface area (Å²) in [5, 5.41) is 6.07. The van der Waals surface area contributed by atoms with Crippen LogP contribution in [0.1, 0.15) is 0 Å². The number of rotatable bonds is 0. The van der Waals surface area contributed by atoms with Crippen molar-refractivity contribution in [1.82, 2.24) is 0 Å². The second kappa shape index (κ2) is 10.9. The van der Waals surface area contributed by atoms with Crippen molar-refractivity contribution in [2.24, 2.45) is 0 Å². The van der Waals surface area contributed by atoms with E-state index in [4.69, 9.17) is 139 Å². The highest BCUT2D eigenvalue weighted by atomic mass is 35.5. The summed E-state index contributed by atoms with van der Waals surface area (Å²) in [5.74, 6) is 0. The van der Waals surface area contributed by atoms with E-state index in [9.17, 15) is 0 Å². The van der Waals surface area contributed by atoms with Gasteiger partial charge in [0.05, 0.1) is 60.3 Å². The second-order valence-corrected chi connectivity index (χ2v) is 10.8. The van der Waals surface area contributed by atoms with Crippen LogP contribution in [-0.2, 0) is 0 Å². The Morgan fingerprint density at radius 2 is 0.469 bits per heavy atom. The van der Waals surface area contributed by atoms with E-state index in [1.54, 1.807) is 24.3 Å². The zero-order valence-corrected chi connectivity index (χ0v) is 23.9. The topological polar surface area (TPSA) is 0 Å². The number of halogens is 12. The molecule has 0 unspecified atom stereocenters. The van der Waals surface area contributed by atoms with Crippen molar-refractivity contribution < 1.29 is 0 Å². The maximum Gasteiger partial charge on any atom is 0.0800 e. The molecule has 0 N–H and O–H groups in total. The van der Waals surface area contributed by atoms with Crippen LogP contribution < -0.4 is 0 Å². The normalized spacial score (nSPS) is 11.1. The maximum absolute atomic E-state index is 6.05. The Kier molecular flexibility index (Phi) is 9.33. The molecule has 0 fully saturated rings. The molecule has 32 heavy (non-hydrogen) atoms. The van der Waals surface area contributed by atoms with Crippen LogP contribution in [0.5, 0.6) is 0 Å². The first-order chi connectivity index (χ1) is 14.9. The Labute approximate surface area is 242 Å². The van der Waals surface area contributed by atoms with Crippen molar-refractivity contribution in [3.05, 3.63) is 84.5 Å². The van der Waals surface area contributed by atoms with Crippen LogP contribution in [0, 0.1) is 0 Å². The van der Waals surface area contributed by atoms with Crippen LogP contribution in [0.3, 0.4) is 0 Å². The average molecular weight is 670 g/mol. The molecule has 0 nitrogen and oxygen atoms in total. The fourth-order valence-corrected chi connectivity index (χ4v) is 5.34. The van der Waals surface area contributed by atoms with E-state index in [1.165, 1.54) is 0 Å². The molecule has 0 saturated heterocycles. The first-order valence-electron chi connectivity index (χ1n) is 8.08. The Morgan fingerprint density at radius 1 is 0.250 bits per heavy atom. The third-order valence-corrected chi connectivity index (χ3v) is 9.33. The molecule has 4 aromatic carbocycles. The van der Waals surface area contributed by atoms with Crippen LogP contribution in [-0.4, -0.2) is 0 Å². The largest absolute Gasteiger partial charge is 0.0827 e. The summed E-state index contributed by atoms with van der Waals surface area (Å²) in [6.45, 7) is 0. The van der Waals surface area contributed by atoms with Crippen molar-refractivity contribution in [3.8, 4) is 0 Å². The molecular weight excluding hydrogens is 666 g/mol. The Balaban J connectivity index is 0.000000181. The fourth-order valence-electron chi connectivity index (χ4n) is 2.68. The third-order valence-electron chi connectivity index (χ3n) is 4.22. The van der Waals surface area contributed by atoms with Gasteiger partial charge in [0.15, 0.2) is 0 Å². The van der Waals surface area contributed by atoms with Gasteiger partial charge in [0.1, 0.15) is 0 Å². The van der Waals surface area contributed by atoms with Crippen LogP contribution in [0.15, 0.2) is 24.3 Å². The van der Waals surface area contributed by atoms with Crippen LogP contribution in [0.2, 0.25) is 60.3 Å². The van der Waals surface area contributed by atoms with Crippen LogP contribution >= 0.6 is 139 Å². The highest BCUT2D eigenvalue weighted by Crippen LogP contribution is 2.45. The summed E-state index contributed by atoms with van der Waals surface area (Å²) >= 11 is 71.5. The summed E-state index contributed by atoms with van der Waals surface area (Å²) < 4.78 is 0. The fraction of sp³-hybridized carbons (Fsp3) is 0. The lowest BCUT2D eigenvalue weighted by molar-refractivity contribution is 1.73. The lowest BCUT2D eigenvalue weighted by Gasteiger charge is -2.09. The molecular formula is C20H4Cl12. The van der Waals surface area contributed by atoms with Crippen molar-refractivity contribution >= 4 is 161 Å².